The molecule has 0 spiro atoms. The maximum Gasteiger partial charge on any atom is 0.243 e. The zero-order chi connectivity index (χ0) is 15.3. The third-order valence-electron chi connectivity index (χ3n) is 4.68. The predicted molar refractivity (Wildman–Crippen MR) is 83.8 cm³/mol. The van der Waals surface area contributed by atoms with Crippen LogP contribution in [0.4, 0.5) is 0 Å². The van der Waals surface area contributed by atoms with Crippen LogP contribution in [0.15, 0.2) is 29.2 Å². The van der Waals surface area contributed by atoms with Crippen LogP contribution in [0, 0.1) is 5.92 Å². The van der Waals surface area contributed by atoms with E-state index in [0.29, 0.717) is 17.4 Å². The first-order valence-corrected chi connectivity index (χ1v) is 9.07. The molecule has 116 valence electrons. The highest BCUT2D eigenvalue weighted by atomic mass is 32.2. The molecule has 2 atom stereocenters. The standard InChI is InChI=1S/C16H24N2O2S/c1-16(2,3)13-4-6-14(7-5-13)21(19,20)18-11-12-10-17-9-8-15(12)18/h4-7,12,15,17H,8-11H2,1-3H3/t12-,15-/m0/s1. The predicted octanol–water partition coefficient (Wildman–Crippen LogP) is 1.97. The Morgan fingerprint density at radius 3 is 2.43 bits per heavy atom. The molecule has 1 N–H and O–H groups in total. The molecular formula is C16H24N2O2S. The molecule has 2 fully saturated rings. The molecule has 4 nitrogen and oxygen atoms in total. The summed E-state index contributed by atoms with van der Waals surface area (Å²) in [6.45, 7) is 8.90. The molecule has 0 amide bonds. The van der Waals surface area contributed by atoms with Crippen molar-refractivity contribution in [3.8, 4) is 0 Å². The van der Waals surface area contributed by atoms with Crippen LogP contribution in [0.5, 0.6) is 0 Å². The normalized spacial score (nSPS) is 27.0. The van der Waals surface area contributed by atoms with E-state index in [-0.39, 0.29) is 11.5 Å². The number of hydrogen-bond acceptors (Lipinski definition) is 3. The number of sulfonamides is 1. The molecule has 2 saturated heterocycles. The van der Waals surface area contributed by atoms with Gasteiger partial charge in [-0.15, -0.1) is 0 Å². The number of piperidine rings is 1. The quantitative estimate of drug-likeness (QED) is 0.909. The summed E-state index contributed by atoms with van der Waals surface area (Å²) in [6, 6.07) is 7.58. The van der Waals surface area contributed by atoms with E-state index in [1.54, 1.807) is 16.4 Å². The number of hydrogen-bond donors (Lipinski definition) is 1. The second kappa shape index (κ2) is 5.07. The van der Waals surface area contributed by atoms with Gasteiger partial charge >= 0.3 is 0 Å². The topological polar surface area (TPSA) is 49.4 Å². The molecule has 0 bridgehead atoms. The fourth-order valence-corrected chi connectivity index (χ4v) is 5.01. The molecule has 0 aromatic heterocycles. The fourth-order valence-electron chi connectivity index (χ4n) is 3.24. The van der Waals surface area contributed by atoms with Gasteiger partial charge in [-0.3, -0.25) is 0 Å². The third kappa shape index (κ3) is 2.62. The summed E-state index contributed by atoms with van der Waals surface area (Å²) in [7, 11) is -3.33. The molecule has 2 aliphatic rings. The molecule has 1 aromatic rings. The molecule has 0 saturated carbocycles. The van der Waals surface area contributed by atoms with Crippen LogP contribution in [-0.4, -0.2) is 38.4 Å². The van der Waals surface area contributed by atoms with Crippen molar-refractivity contribution < 1.29 is 8.42 Å². The van der Waals surface area contributed by atoms with Crippen LogP contribution in [0.1, 0.15) is 32.8 Å². The van der Waals surface area contributed by atoms with Gasteiger partial charge < -0.3 is 5.32 Å². The highest BCUT2D eigenvalue weighted by Gasteiger charge is 2.46. The Morgan fingerprint density at radius 2 is 1.86 bits per heavy atom. The molecule has 21 heavy (non-hydrogen) atoms. The maximum atomic E-state index is 12.7. The van der Waals surface area contributed by atoms with Gasteiger partial charge in [0.25, 0.3) is 0 Å². The SMILES string of the molecule is CC(C)(C)c1ccc(S(=O)(=O)N2C[C@@H]3CNCC[C@@H]32)cc1. The van der Waals surface area contributed by atoms with Crippen LogP contribution in [-0.2, 0) is 15.4 Å². The number of nitrogens with one attached hydrogen (secondary N) is 1. The Hall–Kier alpha value is -0.910. The number of nitrogens with zero attached hydrogens (tertiary/aromatic N) is 1. The average Bonchev–Trinajstić information content (AvgIpc) is 2.39. The molecule has 1 aromatic carbocycles. The lowest BCUT2D eigenvalue weighted by Crippen LogP contribution is -2.64. The minimum absolute atomic E-state index is 0.0409. The third-order valence-corrected chi connectivity index (χ3v) is 6.58. The van der Waals surface area contributed by atoms with E-state index >= 15 is 0 Å². The van der Waals surface area contributed by atoms with Crippen LogP contribution in [0.25, 0.3) is 0 Å². The monoisotopic (exact) mass is 308 g/mol. The zero-order valence-electron chi connectivity index (χ0n) is 13.0. The largest absolute Gasteiger partial charge is 0.316 e. The second-order valence-electron chi connectivity index (χ2n) is 7.17. The van der Waals surface area contributed by atoms with E-state index < -0.39 is 10.0 Å². The minimum Gasteiger partial charge on any atom is -0.316 e. The van der Waals surface area contributed by atoms with Gasteiger partial charge in [0, 0.05) is 25.0 Å². The molecule has 0 unspecified atom stereocenters. The van der Waals surface area contributed by atoms with Crippen LogP contribution in [0.3, 0.4) is 0 Å². The van der Waals surface area contributed by atoms with Gasteiger partial charge in [-0.1, -0.05) is 32.9 Å². The van der Waals surface area contributed by atoms with Gasteiger partial charge in [-0.05, 0) is 36.1 Å². The van der Waals surface area contributed by atoms with Crippen molar-refractivity contribution in [2.45, 2.75) is 43.5 Å². The van der Waals surface area contributed by atoms with E-state index in [9.17, 15) is 8.42 Å². The first-order valence-electron chi connectivity index (χ1n) is 7.63. The number of fused-ring (bicyclic) bond motifs is 1. The summed E-state index contributed by atoms with van der Waals surface area (Å²) in [4.78, 5) is 0.424. The Kier molecular flexibility index (Phi) is 3.62. The molecule has 3 rings (SSSR count). The van der Waals surface area contributed by atoms with Gasteiger partial charge in [0.2, 0.25) is 10.0 Å². The summed E-state index contributed by atoms with van der Waals surface area (Å²) in [5, 5.41) is 3.33. The highest BCUT2D eigenvalue weighted by Crippen LogP contribution is 2.35. The average molecular weight is 308 g/mol. The van der Waals surface area contributed by atoms with E-state index in [1.807, 2.05) is 12.1 Å². The van der Waals surface area contributed by atoms with E-state index in [2.05, 4.69) is 26.1 Å². The van der Waals surface area contributed by atoms with Crippen molar-refractivity contribution in [1.82, 2.24) is 9.62 Å². The number of benzene rings is 1. The second-order valence-corrected chi connectivity index (χ2v) is 9.06. The summed E-state index contributed by atoms with van der Waals surface area (Å²) < 4.78 is 27.2. The van der Waals surface area contributed by atoms with Gasteiger partial charge in [0.15, 0.2) is 0 Å². The molecule has 0 aliphatic carbocycles. The van der Waals surface area contributed by atoms with E-state index in [0.717, 1.165) is 25.1 Å². The summed E-state index contributed by atoms with van der Waals surface area (Å²) in [5.74, 6) is 0.488. The molecule has 2 heterocycles. The maximum absolute atomic E-state index is 12.7. The van der Waals surface area contributed by atoms with Crippen molar-refractivity contribution in [2.75, 3.05) is 19.6 Å². The number of rotatable bonds is 2. The Balaban J connectivity index is 1.82. The smallest absolute Gasteiger partial charge is 0.243 e. The molecular weight excluding hydrogens is 284 g/mol. The first-order chi connectivity index (χ1) is 9.80. The van der Waals surface area contributed by atoms with Gasteiger partial charge in [-0.2, -0.15) is 4.31 Å². The van der Waals surface area contributed by atoms with Gasteiger partial charge in [-0.25, -0.2) is 8.42 Å². The lowest BCUT2D eigenvalue weighted by atomic mass is 9.86. The fraction of sp³-hybridized carbons (Fsp3) is 0.625. The Bertz CT molecular complexity index is 617. The van der Waals surface area contributed by atoms with Crippen molar-refractivity contribution in [1.29, 1.82) is 0 Å². The van der Waals surface area contributed by atoms with Crippen molar-refractivity contribution in [3.05, 3.63) is 29.8 Å². The van der Waals surface area contributed by atoms with Crippen molar-refractivity contribution in [3.63, 3.8) is 0 Å². The highest BCUT2D eigenvalue weighted by molar-refractivity contribution is 7.89. The van der Waals surface area contributed by atoms with Crippen molar-refractivity contribution in [2.24, 2.45) is 5.92 Å². The molecule has 5 heteroatoms. The van der Waals surface area contributed by atoms with Gasteiger partial charge in [0.05, 0.1) is 4.90 Å². The van der Waals surface area contributed by atoms with E-state index in [1.165, 1.54) is 0 Å². The van der Waals surface area contributed by atoms with Gasteiger partial charge in [0.1, 0.15) is 0 Å². The summed E-state index contributed by atoms with van der Waals surface area (Å²) in [6.07, 6.45) is 0.921. The lowest BCUT2D eigenvalue weighted by molar-refractivity contribution is 0.0714. The van der Waals surface area contributed by atoms with Crippen LogP contribution < -0.4 is 5.32 Å². The van der Waals surface area contributed by atoms with Crippen LogP contribution in [0.2, 0.25) is 0 Å². The summed E-state index contributed by atoms with van der Waals surface area (Å²) in [5.41, 5.74) is 1.20. The van der Waals surface area contributed by atoms with Crippen LogP contribution >= 0.6 is 0 Å². The Labute approximate surface area is 127 Å². The van der Waals surface area contributed by atoms with Crippen molar-refractivity contribution >= 4 is 10.0 Å². The Morgan fingerprint density at radius 1 is 1.19 bits per heavy atom. The zero-order valence-corrected chi connectivity index (χ0v) is 13.8. The molecule has 0 radical (unpaired) electrons. The summed E-state index contributed by atoms with van der Waals surface area (Å²) >= 11 is 0. The molecule has 2 aliphatic heterocycles. The first kappa shape index (κ1) is 15.0. The minimum atomic E-state index is -3.33. The lowest BCUT2D eigenvalue weighted by Gasteiger charge is -2.49. The van der Waals surface area contributed by atoms with E-state index in [4.69, 9.17) is 0 Å².